The van der Waals surface area contributed by atoms with Crippen molar-refractivity contribution in [1.29, 1.82) is 0 Å². The van der Waals surface area contributed by atoms with Crippen LogP contribution in [0.4, 0.5) is 0 Å². The van der Waals surface area contributed by atoms with Gasteiger partial charge in [-0.15, -0.1) is 0 Å². The Morgan fingerprint density at radius 3 is 2.24 bits per heavy atom. The van der Waals surface area contributed by atoms with Crippen LogP contribution in [0.2, 0.25) is 0 Å². The Kier molecular flexibility index (Phi) is 8.43. The van der Waals surface area contributed by atoms with Crippen molar-refractivity contribution in [3.8, 4) is 0 Å². The summed E-state index contributed by atoms with van der Waals surface area (Å²) in [4.78, 5) is 10.5. The molecule has 1 atom stereocenters. The van der Waals surface area contributed by atoms with Gasteiger partial charge in [-0.25, -0.2) is 0 Å². The van der Waals surface area contributed by atoms with E-state index in [4.69, 9.17) is 9.05 Å². The fourth-order valence-electron chi connectivity index (χ4n) is 1.16. The van der Waals surface area contributed by atoms with E-state index in [2.05, 4.69) is 4.74 Å². The summed E-state index contributed by atoms with van der Waals surface area (Å²) >= 11 is 0. The summed E-state index contributed by atoms with van der Waals surface area (Å²) < 4.78 is 26.7. The lowest BCUT2D eigenvalue weighted by Crippen LogP contribution is -2.19. The summed E-state index contributed by atoms with van der Waals surface area (Å²) in [5, 5.41) is 9.49. The van der Waals surface area contributed by atoms with Crippen LogP contribution in [0.1, 0.15) is 27.2 Å². The molecule has 0 aliphatic rings. The van der Waals surface area contributed by atoms with Crippen LogP contribution in [-0.4, -0.2) is 43.2 Å². The van der Waals surface area contributed by atoms with E-state index in [1.807, 2.05) is 0 Å². The minimum atomic E-state index is -3.12. The van der Waals surface area contributed by atoms with Gasteiger partial charge in [-0.2, -0.15) is 0 Å². The molecule has 0 spiro atoms. The third kappa shape index (κ3) is 8.32. The number of carbonyl (C=O) groups is 1. The van der Waals surface area contributed by atoms with Crippen LogP contribution >= 0.6 is 7.60 Å². The van der Waals surface area contributed by atoms with Crippen LogP contribution in [0.3, 0.4) is 0 Å². The Morgan fingerprint density at radius 1 is 1.29 bits per heavy atom. The lowest BCUT2D eigenvalue weighted by Gasteiger charge is -2.18. The van der Waals surface area contributed by atoms with Gasteiger partial charge in [-0.05, 0) is 20.3 Å². The maximum atomic E-state index is 12.0. The number of hydrogen-bond acceptors (Lipinski definition) is 6. The van der Waals surface area contributed by atoms with E-state index in [-0.39, 0.29) is 32.4 Å². The fourth-order valence-corrected chi connectivity index (χ4v) is 2.90. The molecule has 7 heteroatoms. The Hall–Kier alpha value is -0.420. The Balaban J connectivity index is 4.03. The van der Waals surface area contributed by atoms with Crippen molar-refractivity contribution in [2.24, 2.45) is 0 Å². The highest BCUT2D eigenvalue weighted by molar-refractivity contribution is 7.53. The lowest BCUT2D eigenvalue weighted by molar-refractivity contribution is -0.143. The topological polar surface area (TPSA) is 82.1 Å². The highest BCUT2D eigenvalue weighted by atomic mass is 31.2. The third-order valence-electron chi connectivity index (χ3n) is 1.87. The molecule has 0 heterocycles. The van der Waals surface area contributed by atoms with Gasteiger partial charge in [0.05, 0.1) is 25.5 Å². The molecule has 17 heavy (non-hydrogen) atoms. The van der Waals surface area contributed by atoms with E-state index >= 15 is 0 Å². The Bertz CT molecular complexity index is 258. The van der Waals surface area contributed by atoms with Gasteiger partial charge in [0.2, 0.25) is 0 Å². The SMILES string of the molecule is CCOP(=O)(CCC(O)COC(C)=O)OCC. The molecular formula is C10H21O6P. The van der Waals surface area contributed by atoms with E-state index in [0.717, 1.165) is 0 Å². The number of aliphatic hydroxyl groups is 1. The first-order valence-electron chi connectivity index (χ1n) is 5.63. The van der Waals surface area contributed by atoms with Crippen LogP contribution in [0.5, 0.6) is 0 Å². The van der Waals surface area contributed by atoms with Crippen molar-refractivity contribution in [2.75, 3.05) is 26.0 Å². The molecule has 0 saturated heterocycles. The summed E-state index contributed by atoms with van der Waals surface area (Å²) in [6, 6.07) is 0. The molecule has 0 rings (SSSR count). The normalized spacial score (nSPS) is 13.4. The second-order valence-electron chi connectivity index (χ2n) is 3.42. The van der Waals surface area contributed by atoms with Gasteiger partial charge in [0.1, 0.15) is 6.61 Å². The molecule has 0 radical (unpaired) electrons. The zero-order valence-electron chi connectivity index (χ0n) is 10.5. The van der Waals surface area contributed by atoms with Crippen LogP contribution in [0.15, 0.2) is 0 Å². The van der Waals surface area contributed by atoms with E-state index < -0.39 is 19.7 Å². The Morgan fingerprint density at radius 2 is 1.82 bits per heavy atom. The zero-order valence-corrected chi connectivity index (χ0v) is 11.4. The zero-order chi connectivity index (χ0) is 13.3. The summed E-state index contributed by atoms with van der Waals surface area (Å²) in [6.45, 7) is 5.18. The van der Waals surface area contributed by atoms with Crippen LogP contribution in [-0.2, 0) is 23.1 Å². The van der Waals surface area contributed by atoms with Gasteiger partial charge in [0.25, 0.3) is 0 Å². The maximum Gasteiger partial charge on any atom is 0.330 e. The molecule has 0 amide bonds. The minimum Gasteiger partial charge on any atom is -0.463 e. The van der Waals surface area contributed by atoms with Crippen LogP contribution < -0.4 is 0 Å². The first-order valence-corrected chi connectivity index (χ1v) is 7.36. The van der Waals surface area contributed by atoms with Crippen molar-refractivity contribution in [3.05, 3.63) is 0 Å². The first-order chi connectivity index (χ1) is 7.93. The van der Waals surface area contributed by atoms with Crippen LogP contribution in [0, 0.1) is 0 Å². The van der Waals surface area contributed by atoms with Crippen molar-refractivity contribution in [3.63, 3.8) is 0 Å². The monoisotopic (exact) mass is 268 g/mol. The number of carbonyl (C=O) groups excluding carboxylic acids is 1. The highest BCUT2D eigenvalue weighted by Crippen LogP contribution is 2.48. The van der Waals surface area contributed by atoms with E-state index in [9.17, 15) is 14.5 Å². The number of esters is 1. The number of ether oxygens (including phenoxy) is 1. The average molecular weight is 268 g/mol. The fraction of sp³-hybridized carbons (Fsp3) is 0.900. The standard InChI is InChI=1S/C10H21O6P/c1-4-15-17(13,16-5-2)7-6-10(12)8-14-9(3)11/h10,12H,4-8H2,1-3H3. The van der Waals surface area contributed by atoms with Crippen molar-refractivity contribution >= 4 is 13.6 Å². The van der Waals surface area contributed by atoms with Gasteiger partial charge in [0, 0.05) is 6.92 Å². The average Bonchev–Trinajstić information content (AvgIpc) is 2.24. The predicted molar refractivity (Wildman–Crippen MR) is 63.0 cm³/mol. The largest absolute Gasteiger partial charge is 0.463 e. The molecule has 0 aliphatic heterocycles. The number of hydrogen-bond donors (Lipinski definition) is 1. The Labute approximate surface area is 102 Å². The summed E-state index contributed by atoms with van der Waals surface area (Å²) in [5.74, 6) is -0.457. The second-order valence-corrected chi connectivity index (χ2v) is 5.60. The first kappa shape index (κ1) is 16.6. The molecule has 6 nitrogen and oxygen atoms in total. The van der Waals surface area contributed by atoms with Gasteiger partial charge in [-0.1, -0.05) is 0 Å². The molecule has 0 bridgehead atoms. The van der Waals surface area contributed by atoms with E-state index in [1.54, 1.807) is 13.8 Å². The van der Waals surface area contributed by atoms with Crippen molar-refractivity contribution in [2.45, 2.75) is 33.3 Å². The van der Waals surface area contributed by atoms with Crippen molar-refractivity contribution < 1.29 is 28.3 Å². The molecule has 0 aromatic heterocycles. The molecule has 1 N–H and O–H groups in total. The molecule has 0 aromatic carbocycles. The lowest BCUT2D eigenvalue weighted by atomic mass is 10.3. The summed E-state index contributed by atoms with van der Waals surface area (Å²) in [7, 11) is -3.12. The summed E-state index contributed by atoms with van der Waals surface area (Å²) in [6.07, 6.45) is -0.546. The summed E-state index contributed by atoms with van der Waals surface area (Å²) in [5.41, 5.74) is 0. The molecule has 0 fully saturated rings. The number of aliphatic hydroxyl groups excluding tert-OH is 1. The van der Waals surface area contributed by atoms with Crippen LogP contribution in [0.25, 0.3) is 0 Å². The van der Waals surface area contributed by atoms with Gasteiger partial charge in [0.15, 0.2) is 0 Å². The van der Waals surface area contributed by atoms with Gasteiger partial charge < -0.3 is 18.9 Å². The molecule has 0 aromatic rings. The smallest absolute Gasteiger partial charge is 0.330 e. The molecular weight excluding hydrogens is 247 g/mol. The molecule has 1 unspecified atom stereocenters. The van der Waals surface area contributed by atoms with Gasteiger partial charge in [-0.3, -0.25) is 9.36 Å². The highest BCUT2D eigenvalue weighted by Gasteiger charge is 2.24. The third-order valence-corrected chi connectivity index (χ3v) is 3.98. The predicted octanol–water partition coefficient (Wildman–Crippen LogP) is 1.57. The second kappa shape index (κ2) is 8.64. The molecule has 0 aliphatic carbocycles. The maximum absolute atomic E-state index is 12.0. The minimum absolute atomic E-state index is 0.104. The van der Waals surface area contributed by atoms with E-state index in [1.165, 1.54) is 6.92 Å². The van der Waals surface area contributed by atoms with E-state index in [0.29, 0.717) is 0 Å². The molecule has 0 saturated carbocycles. The number of rotatable bonds is 9. The van der Waals surface area contributed by atoms with Gasteiger partial charge >= 0.3 is 13.6 Å². The molecule has 102 valence electrons. The quantitative estimate of drug-likeness (QED) is 0.505. The van der Waals surface area contributed by atoms with Crippen molar-refractivity contribution in [1.82, 2.24) is 0 Å².